The van der Waals surface area contributed by atoms with Crippen molar-refractivity contribution in [2.45, 2.75) is 19.9 Å². The van der Waals surface area contributed by atoms with Crippen LogP contribution in [0.1, 0.15) is 24.2 Å². The number of carbonyl (C=O) groups excluding carboxylic acids is 1. The molecule has 0 bridgehead atoms. The number of nitrogens with zero attached hydrogens (tertiary/aromatic N) is 1. The van der Waals surface area contributed by atoms with E-state index in [-0.39, 0.29) is 18.5 Å². The summed E-state index contributed by atoms with van der Waals surface area (Å²) in [4.78, 5) is 14.3. The molecule has 0 fully saturated rings. The first-order valence-corrected chi connectivity index (χ1v) is 6.95. The van der Waals surface area contributed by atoms with Gasteiger partial charge in [-0.3, -0.25) is 4.79 Å². The van der Waals surface area contributed by atoms with Crippen molar-refractivity contribution in [3.63, 3.8) is 0 Å². The van der Waals surface area contributed by atoms with Gasteiger partial charge in [0.05, 0.1) is 16.6 Å². The van der Waals surface area contributed by atoms with Crippen molar-refractivity contribution in [2.24, 2.45) is 5.73 Å². The predicted octanol–water partition coefficient (Wildman–Crippen LogP) is 3.24. The summed E-state index contributed by atoms with van der Waals surface area (Å²) in [6.45, 7) is 4.11. The Hall–Kier alpha value is -0.650. The highest BCUT2D eigenvalue weighted by atomic mass is 79.9. The van der Waals surface area contributed by atoms with Crippen molar-refractivity contribution in [2.75, 3.05) is 6.54 Å². The molecule has 0 spiro atoms. The Bertz CT molecular complexity index is 479. The zero-order valence-electron chi connectivity index (χ0n) is 10.1. The molecule has 0 unspecified atom stereocenters. The zero-order chi connectivity index (χ0) is 13.9. The van der Waals surface area contributed by atoms with E-state index < -0.39 is 0 Å². The van der Waals surface area contributed by atoms with Gasteiger partial charge in [0.1, 0.15) is 0 Å². The lowest BCUT2D eigenvalue weighted by Crippen LogP contribution is -2.42. The van der Waals surface area contributed by atoms with Crippen molar-refractivity contribution in [3.05, 3.63) is 33.3 Å². The molecule has 0 atom stereocenters. The SMILES string of the molecule is CC(C)N(CC(N)=S)C(=O)c1ccc(Cl)c(Br)c1. The number of rotatable bonds is 4. The van der Waals surface area contributed by atoms with E-state index in [0.717, 1.165) is 0 Å². The Balaban J connectivity index is 3.02. The van der Waals surface area contributed by atoms with Crippen LogP contribution in [-0.4, -0.2) is 28.4 Å². The summed E-state index contributed by atoms with van der Waals surface area (Å²) >= 11 is 14.1. The third kappa shape index (κ3) is 3.93. The van der Waals surface area contributed by atoms with Crippen LogP contribution in [-0.2, 0) is 0 Å². The molecule has 3 nitrogen and oxygen atoms in total. The van der Waals surface area contributed by atoms with Gasteiger partial charge in [0, 0.05) is 16.1 Å². The summed E-state index contributed by atoms with van der Waals surface area (Å²) in [5.74, 6) is -0.116. The van der Waals surface area contributed by atoms with Gasteiger partial charge in [-0.2, -0.15) is 0 Å². The normalized spacial score (nSPS) is 10.5. The lowest BCUT2D eigenvalue weighted by atomic mass is 10.1. The predicted molar refractivity (Wildman–Crippen MR) is 82.1 cm³/mol. The molecule has 1 aromatic carbocycles. The van der Waals surface area contributed by atoms with Crippen LogP contribution in [0.5, 0.6) is 0 Å². The highest BCUT2D eigenvalue weighted by Crippen LogP contribution is 2.24. The molecule has 1 rings (SSSR count). The number of halogens is 2. The molecule has 0 aliphatic rings. The van der Waals surface area contributed by atoms with E-state index in [1.165, 1.54) is 0 Å². The molecule has 0 aliphatic carbocycles. The van der Waals surface area contributed by atoms with E-state index in [1.807, 2.05) is 13.8 Å². The Morgan fingerprint density at radius 3 is 2.61 bits per heavy atom. The summed E-state index contributed by atoms with van der Waals surface area (Å²) < 4.78 is 0.689. The summed E-state index contributed by atoms with van der Waals surface area (Å²) in [7, 11) is 0. The van der Waals surface area contributed by atoms with E-state index in [1.54, 1.807) is 23.1 Å². The van der Waals surface area contributed by atoms with E-state index in [2.05, 4.69) is 15.9 Å². The van der Waals surface area contributed by atoms with Gasteiger partial charge in [0.15, 0.2) is 0 Å². The molecule has 0 aliphatic heterocycles. The molecule has 0 saturated carbocycles. The average molecular weight is 350 g/mol. The van der Waals surface area contributed by atoms with Gasteiger partial charge in [-0.1, -0.05) is 23.8 Å². The maximum absolute atomic E-state index is 12.3. The Labute approximate surface area is 125 Å². The molecule has 1 aromatic rings. The Morgan fingerprint density at radius 2 is 2.17 bits per heavy atom. The number of nitrogens with two attached hydrogens (primary N) is 1. The van der Waals surface area contributed by atoms with Crippen LogP contribution < -0.4 is 5.73 Å². The first-order valence-electron chi connectivity index (χ1n) is 5.37. The van der Waals surface area contributed by atoms with E-state index in [9.17, 15) is 4.79 Å². The second kappa shape index (κ2) is 6.50. The molecule has 0 saturated heterocycles. The van der Waals surface area contributed by atoms with Crippen LogP contribution in [0.25, 0.3) is 0 Å². The molecular formula is C12H14BrClN2OS. The molecule has 0 heterocycles. The first-order chi connectivity index (χ1) is 8.32. The minimum atomic E-state index is -0.116. The fourth-order valence-electron chi connectivity index (χ4n) is 1.45. The van der Waals surface area contributed by atoms with Crippen molar-refractivity contribution < 1.29 is 4.79 Å². The van der Waals surface area contributed by atoms with Crippen LogP contribution in [0.2, 0.25) is 5.02 Å². The van der Waals surface area contributed by atoms with Crippen molar-refractivity contribution >= 4 is 50.6 Å². The quantitative estimate of drug-likeness (QED) is 0.849. The average Bonchev–Trinajstić information content (AvgIpc) is 2.28. The van der Waals surface area contributed by atoms with E-state index >= 15 is 0 Å². The van der Waals surface area contributed by atoms with Gasteiger partial charge in [0.2, 0.25) is 0 Å². The lowest BCUT2D eigenvalue weighted by molar-refractivity contribution is 0.0736. The van der Waals surface area contributed by atoms with E-state index in [4.69, 9.17) is 29.6 Å². The van der Waals surface area contributed by atoms with Gasteiger partial charge >= 0.3 is 0 Å². The highest BCUT2D eigenvalue weighted by molar-refractivity contribution is 9.10. The van der Waals surface area contributed by atoms with Crippen LogP contribution in [0.15, 0.2) is 22.7 Å². The molecular weight excluding hydrogens is 336 g/mol. The van der Waals surface area contributed by atoms with Crippen LogP contribution >= 0.6 is 39.7 Å². The zero-order valence-corrected chi connectivity index (χ0v) is 13.3. The minimum Gasteiger partial charge on any atom is -0.392 e. The monoisotopic (exact) mass is 348 g/mol. The molecule has 98 valence electrons. The second-order valence-electron chi connectivity index (χ2n) is 4.12. The fraction of sp³-hybridized carbons (Fsp3) is 0.333. The molecule has 18 heavy (non-hydrogen) atoms. The Kier molecular flexibility index (Phi) is 5.56. The minimum absolute atomic E-state index is 0.0217. The molecule has 0 aromatic heterocycles. The summed E-state index contributed by atoms with van der Waals surface area (Å²) in [5, 5.41) is 0.567. The standard InChI is InChI=1S/C12H14BrClN2OS/c1-7(2)16(6-11(15)18)12(17)8-3-4-10(14)9(13)5-8/h3-5,7H,6H2,1-2H3,(H2,15,18). The van der Waals surface area contributed by atoms with Crippen LogP contribution in [0.3, 0.4) is 0 Å². The van der Waals surface area contributed by atoms with Crippen molar-refractivity contribution in [3.8, 4) is 0 Å². The molecule has 1 amide bonds. The number of hydrogen-bond acceptors (Lipinski definition) is 2. The van der Waals surface area contributed by atoms with Crippen molar-refractivity contribution in [1.82, 2.24) is 4.90 Å². The van der Waals surface area contributed by atoms with Gasteiger partial charge in [-0.15, -0.1) is 0 Å². The van der Waals surface area contributed by atoms with Gasteiger partial charge in [0.25, 0.3) is 5.91 Å². The summed E-state index contributed by atoms with van der Waals surface area (Å²) in [6, 6.07) is 5.08. The maximum atomic E-state index is 12.3. The lowest BCUT2D eigenvalue weighted by Gasteiger charge is -2.26. The topological polar surface area (TPSA) is 46.3 Å². The van der Waals surface area contributed by atoms with Gasteiger partial charge < -0.3 is 10.6 Å². The largest absolute Gasteiger partial charge is 0.392 e. The third-order valence-electron chi connectivity index (χ3n) is 2.38. The third-order valence-corrected chi connectivity index (χ3v) is 3.72. The fourth-order valence-corrected chi connectivity index (χ4v) is 2.09. The molecule has 0 radical (unpaired) electrons. The number of carbonyl (C=O) groups is 1. The molecule has 6 heteroatoms. The van der Waals surface area contributed by atoms with Crippen LogP contribution in [0, 0.1) is 0 Å². The Morgan fingerprint density at radius 1 is 1.56 bits per heavy atom. The number of amides is 1. The smallest absolute Gasteiger partial charge is 0.254 e. The summed E-state index contributed by atoms with van der Waals surface area (Å²) in [6.07, 6.45) is 0. The summed E-state index contributed by atoms with van der Waals surface area (Å²) in [5.41, 5.74) is 6.06. The first kappa shape index (κ1) is 15.4. The maximum Gasteiger partial charge on any atom is 0.254 e. The molecule has 2 N–H and O–H groups in total. The van der Waals surface area contributed by atoms with Crippen molar-refractivity contribution in [1.29, 1.82) is 0 Å². The highest BCUT2D eigenvalue weighted by Gasteiger charge is 2.19. The van der Waals surface area contributed by atoms with Gasteiger partial charge in [-0.05, 0) is 48.0 Å². The number of thiocarbonyl (C=S) groups is 1. The second-order valence-corrected chi connectivity index (χ2v) is 5.91. The number of hydrogen-bond donors (Lipinski definition) is 1. The van der Waals surface area contributed by atoms with Gasteiger partial charge in [-0.25, -0.2) is 0 Å². The number of benzene rings is 1. The van der Waals surface area contributed by atoms with Crippen LogP contribution in [0.4, 0.5) is 0 Å². The van der Waals surface area contributed by atoms with E-state index in [0.29, 0.717) is 20.0 Å².